The summed E-state index contributed by atoms with van der Waals surface area (Å²) in [6, 6.07) is 11.0. The van der Waals surface area contributed by atoms with Gasteiger partial charge in [0.05, 0.1) is 16.6 Å². The third-order valence-corrected chi connectivity index (χ3v) is 3.98. The highest BCUT2D eigenvalue weighted by molar-refractivity contribution is 9.09. The lowest BCUT2D eigenvalue weighted by atomic mass is 9.93. The zero-order chi connectivity index (χ0) is 17.0. The fourth-order valence-corrected chi connectivity index (χ4v) is 2.48. The van der Waals surface area contributed by atoms with Crippen molar-refractivity contribution in [2.45, 2.75) is 19.8 Å². The molecule has 0 unspecified atom stereocenters. The number of hydrogen-bond donors (Lipinski definition) is 1. The Labute approximate surface area is 143 Å². The Hall–Kier alpha value is -2.01. The number of carbonyl (C=O) groups is 2. The average Bonchev–Trinajstić information content (AvgIpc) is 2.54. The van der Waals surface area contributed by atoms with Crippen LogP contribution in [-0.4, -0.2) is 17.0 Å². The fraction of sp³-hybridized carbons (Fsp3) is 0.222. The minimum atomic E-state index is -0.579. The number of amides is 1. The molecule has 23 heavy (non-hydrogen) atoms. The molecule has 2 aromatic carbocycles. The first-order chi connectivity index (χ1) is 11.0. The van der Waals surface area contributed by atoms with Gasteiger partial charge in [-0.2, -0.15) is 0 Å². The van der Waals surface area contributed by atoms with Gasteiger partial charge in [0.25, 0.3) is 0 Å². The Kier molecular flexibility index (Phi) is 5.66. The van der Waals surface area contributed by atoms with Crippen LogP contribution in [0.4, 0.5) is 10.1 Å². The molecule has 0 heterocycles. The molecular formula is C18H17BrFNO2. The first kappa shape index (κ1) is 17.3. The molecule has 0 aliphatic rings. The van der Waals surface area contributed by atoms with Gasteiger partial charge in [0.15, 0.2) is 5.78 Å². The van der Waals surface area contributed by atoms with E-state index in [2.05, 4.69) is 21.2 Å². The van der Waals surface area contributed by atoms with Crippen LogP contribution in [-0.2, 0) is 4.79 Å². The topological polar surface area (TPSA) is 46.2 Å². The minimum absolute atomic E-state index is 0.0113. The normalized spacial score (nSPS) is 10.7. The highest BCUT2D eigenvalue weighted by Crippen LogP contribution is 2.30. The monoisotopic (exact) mass is 377 g/mol. The Morgan fingerprint density at radius 1 is 1.09 bits per heavy atom. The lowest BCUT2D eigenvalue weighted by Gasteiger charge is -2.17. The Morgan fingerprint density at radius 3 is 2.35 bits per heavy atom. The van der Waals surface area contributed by atoms with Crippen LogP contribution in [0.15, 0.2) is 42.5 Å². The number of benzene rings is 2. The molecule has 0 saturated heterocycles. The minimum Gasteiger partial charge on any atom is -0.324 e. The molecule has 120 valence electrons. The molecule has 1 amide bonds. The molecule has 0 spiro atoms. The van der Waals surface area contributed by atoms with Crippen LogP contribution in [0.3, 0.4) is 0 Å². The summed E-state index contributed by atoms with van der Waals surface area (Å²) in [5, 5.41) is 2.87. The van der Waals surface area contributed by atoms with Gasteiger partial charge in [-0.25, -0.2) is 4.39 Å². The molecule has 2 aromatic rings. The van der Waals surface area contributed by atoms with Crippen LogP contribution >= 0.6 is 15.9 Å². The highest BCUT2D eigenvalue weighted by Gasteiger charge is 2.21. The maximum absolute atomic E-state index is 13.9. The third-order valence-electron chi connectivity index (χ3n) is 3.47. The smallest absolute Gasteiger partial charge is 0.235 e. The first-order valence-corrected chi connectivity index (χ1v) is 8.35. The van der Waals surface area contributed by atoms with E-state index in [1.807, 2.05) is 19.9 Å². The third kappa shape index (κ3) is 3.85. The zero-order valence-corrected chi connectivity index (χ0v) is 14.5. The number of anilines is 1. The number of alkyl halides is 1. The van der Waals surface area contributed by atoms with Gasteiger partial charge in [-0.05, 0) is 29.7 Å². The van der Waals surface area contributed by atoms with Crippen LogP contribution in [0.1, 0.15) is 41.3 Å². The van der Waals surface area contributed by atoms with Crippen molar-refractivity contribution in [3.63, 3.8) is 0 Å². The van der Waals surface area contributed by atoms with Gasteiger partial charge in [0.2, 0.25) is 5.91 Å². The average molecular weight is 378 g/mol. The molecule has 0 radical (unpaired) electrons. The summed E-state index contributed by atoms with van der Waals surface area (Å²) in [6.45, 7) is 3.94. The second kappa shape index (κ2) is 7.51. The molecule has 2 rings (SSSR count). The van der Waals surface area contributed by atoms with Gasteiger partial charge in [-0.1, -0.05) is 54.0 Å². The summed E-state index contributed by atoms with van der Waals surface area (Å²) in [5.41, 5.74) is 1.56. The highest BCUT2D eigenvalue weighted by atomic mass is 79.9. The molecule has 3 nitrogen and oxygen atoms in total. The van der Waals surface area contributed by atoms with Crippen molar-refractivity contribution in [2.75, 3.05) is 10.6 Å². The summed E-state index contributed by atoms with van der Waals surface area (Å²) in [6.07, 6.45) is 0. The Bertz CT molecular complexity index is 744. The predicted molar refractivity (Wildman–Crippen MR) is 92.8 cm³/mol. The molecule has 5 heteroatoms. The summed E-state index contributed by atoms with van der Waals surface area (Å²) in [5.74, 6) is -1.18. The summed E-state index contributed by atoms with van der Waals surface area (Å²) >= 11 is 3.10. The summed E-state index contributed by atoms with van der Waals surface area (Å²) in [7, 11) is 0. The van der Waals surface area contributed by atoms with Gasteiger partial charge in [0.1, 0.15) is 5.82 Å². The Morgan fingerprint density at radius 2 is 1.74 bits per heavy atom. The molecule has 0 atom stereocenters. The van der Waals surface area contributed by atoms with Gasteiger partial charge in [-0.15, -0.1) is 0 Å². The van der Waals surface area contributed by atoms with Crippen molar-refractivity contribution in [2.24, 2.45) is 0 Å². The van der Waals surface area contributed by atoms with Crippen molar-refractivity contribution in [1.29, 1.82) is 0 Å². The zero-order valence-electron chi connectivity index (χ0n) is 12.9. The standard InChI is InChI=1S/C18H17BrFNO2/c1-11(2)12-7-5-8-14(17(12)21-16(22)10-19)18(23)13-6-3-4-9-15(13)20/h3-9,11H,10H2,1-2H3,(H,21,22). The molecule has 0 saturated carbocycles. The molecule has 0 aromatic heterocycles. The van der Waals surface area contributed by atoms with Crippen LogP contribution in [0.2, 0.25) is 0 Å². The summed E-state index contributed by atoms with van der Waals surface area (Å²) < 4.78 is 13.9. The number of para-hydroxylation sites is 1. The predicted octanol–water partition coefficient (Wildman–Crippen LogP) is 4.51. The number of carbonyl (C=O) groups excluding carboxylic acids is 2. The van der Waals surface area contributed by atoms with Crippen molar-refractivity contribution in [3.05, 3.63) is 65.0 Å². The van der Waals surface area contributed by atoms with E-state index in [-0.39, 0.29) is 28.3 Å². The van der Waals surface area contributed by atoms with Crippen molar-refractivity contribution >= 4 is 33.3 Å². The van der Waals surface area contributed by atoms with Gasteiger partial charge in [0, 0.05) is 5.56 Å². The van der Waals surface area contributed by atoms with Gasteiger partial charge < -0.3 is 5.32 Å². The lowest BCUT2D eigenvalue weighted by molar-refractivity contribution is -0.113. The van der Waals surface area contributed by atoms with E-state index in [0.717, 1.165) is 5.56 Å². The van der Waals surface area contributed by atoms with E-state index in [4.69, 9.17) is 0 Å². The molecule has 0 aliphatic heterocycles. The van der Waals surface area contributed by atoms with Crippen LogP contribution < -0.4 is 5.32 Å². The number of hydrogen-bond acceptors (Lipinski definition) is 2. The maximum Gasteiger partial charge on any atom is 0.235 e. The van der Waals surface area contributed by atoms with Gasteiger partial charge in [-0.3, -0.25) is 9.59 Å². The van der Waals surface area contributed by atoms with E-state index in [9.17, 15) is 14.0 Å². The largest absolute Gasteiger partial charge is 0.324 e. The SMILES string of the molecule is CC(C)c1cccc(C(=O)c2ccccc2F)c1NC(=O)CBr. The van der Waals surface area contributed by atoms with Crippen molar-refractivity contribution in [1.82, 2.24) is 0 Å². The van der Waals surface area contributed by atoms with Crippen LogP contribution in [0.25, 0.3) is 0 Å². The Balaban J connectivity index is 2.57. The molecule has 0 fully saturated rings. The molecule has 1 N–H and O–H groups in total. The number of halogens is 2. The van der Waals surface area contributed by atoms with Gasteiger partial charge >= 0.3 is 0 Å². The molecular weight excluding hydrogens is 361 g/mol. The first-order valence-electron chi connectivity index (χ1n) is 7.23. The lowest BCUT2D eigenvalue weighted by Crippen LogP contribution is -2.18. The number of nitrogens with one attached hydrogen (secondary N) is 1. The van der Waals surface area contributed by atoms with Crippen molar-refractivity contribution in [3.8, 4) is 0 Å². The molecule has 0 bridgehead atoms. The fourth-order valence-electron chi connectivity index (χ4n) is 2.34. The maximum atomic E-state index is 13.9. The van der Waals surface area contributed by atoms with E-state index >= 15 is 0 Å². The summed E-state index contributed by atoms with van der Waals surface area (Å²) in [4.78, 5) is 24.5. The number of ketones is 1. The quantitative estimate of drug-likeness (QED) is 0.615. The number of rotatable bonds is 5. The van der Waals surface area contributed by atoms with Crippen LogP contribution in [0.5, 0.6) is 0 Å². The second-order valence-corrected chi connectivity index (χ2v) is 5.98. The molecule has 0 aliphatic carbocycles. The second-order valence-electron chi connectivity index (χ2n) is 5.42. The van der Waals surface area contributed by atoms with Crippen molar-refractivity contribution < 1.29 is 14.0 Å². The van der Waals surface area contributed by atoms with E-state index in [1.165, 1.54) is 18.2 Å². The van der Waals surface area contributed by atoms with Crippen LogP contribution in [0, 0.1) is 5.82 Å². The van der Waals surface area contributed by atoms with E-state index in [1.54, 1.807) is 18.2 Å². The van der Waals surface area contributed by atoms with E-state index < -0.39 is 11.6 Å². The van der Waals surface area contributed by atoms with E-state index in [0.29, 0.717) is 5.69 Å².